The molecule has 8 heteroatoms. The fraction of sp³-hybridized carbons (Fsp3) is 0.235. The quantitative estimate of drug-likeness (QED) is 0.786. The average molecular weight is 394 g/mol. The first kappa shape index (κ1) is 18.0. The predicted octanol–water partition coefficient (Wildman–Crippen LogP) is 3.34. The van der Waals surface area contributed by atoms with E-state index in [0.717, 1.165) is 11.5 Å². The fourth-order valence-corrected chi connectivity index (χ4v) is 5.65. The molecule has 1 aliphatic heterocycles. The highest BCUT2D eigenvalue weighted by atomic mass is 32.2. The molecule has 5 nitrogen and oxygen atoms in total. The van der Waals surface area contributed by atoms with E-state index in [-0.39, 0.29) is 0 Å². The summed E-state index contributed by atoms with van der Waals surface area (Å²) in [6.07, 6.45) is 0. The van der Waals surface area contributed by atoms with Crippen molar-refractivity contribution in [1.29, 1.82) is 0 Å². The highest BCUT2D eigenvalue weighted by Gasteiger charge is 2.19. The molecule has 1 aliphatic rings. The number of amides is 2. The summed E-state index contributed by atoms with van der Waals surface area (Å²) in [6, 6.07) is 10.6. The van der Waals surface area contributed by atoms with Crippen LogP contribution in [0.5, 0.6) is 0 Å². The summed E-state index contributed by atoms with van der Waals surface area (Å²) in [5, 5.41) is 3.93. The molecule has 1 aromatic heterocycles. The molecule has 1 N–H and O–H groups in total. The maximum Gasteiger partial charge on any atom is 0.338 e. The van der Waals surface area contributed by atoms with Crippen LogP contribution in [0, 0.1) is 0 Å². The molecule has 25 heavy (non-hydrogen) atoms. The third-order valence-electron chi connectivity index (χ3n) is 3.37. The largest absolute Gasteiger partial charge is 0.452 e. The highest BCUT2D eigenvalue weighted by molar-refractivity contribution is 8.19. The number of hydrogen-bond acceptors (Lipinski definition) is 7. The Hall–Kier alpha value is -1.77. The van der Waals surface area contributed by atoms with Crippen LogP contribution >= 0.6 is 34.9 Å². The van der Waals surface area contributed by atoms with E-state index in [0.29, 0.717) is 15.0 Å². The molecule has 0 radical (unpaired) electrons. The van der Waals surface area contributed by atoms with Gasteiger partial charge in [0.15, 0.2) is 6.61 Å². The number of imide groups is 1. The van der Waals surface area contributed by atoms with E-state index < -0.39 is 24.4 Å². The Bertz CT molecular complexity index is 753. The molecule has 0 aliphatic carbocycles. The van der Waals surface area contributed by atoms with Gasteiger partial charge in [0.1, 0.15) is 0 Å². The maximum absolute atomic E-state index is 12.0. The van der Waals surface area contributed by atoms with Crippen molar-refractivity contribution in [2.75, 3.05) is 18.1 Å². The topological polar surface area (TPSA) is 72.5 Å². The summed E-state index contributed by atoms with van der Waals surface area (Å²) in [5.74, 6) is 0.544. The number of carbonyl (C=O) groups excluding carboxylic acids is 3. The maximum atomic E-state index is 12.0. The predicted molar refractivity (Wildman–Crippen MR) is 101 cm³/mol. The third-order valence-corrected chi connectivity index (χ3v) is 7.35. The lowest BCUT2D eigenvalue weighted by molar-refractivity contribution is -0.123. The first-order valence-corrected chi connectivity index (χ1v) is 10.5. The number of ether oxygens (including phenoxy) is 1. The smallest absolute Gasteiger partial charge is 0.338 e. The van der Waals surface area contributed by atoms with Crippen LogP contribution in [-0.2, 0) is 9.53 Å². The second-order valence-electron chi connectivity index (χ2n) is 5.13. The van der Waals surface area contributed by atoms with Gasteiger partial charge >= 0.3 is 5.97 Å². The summed E-state index contributed by atoms with van der Waals surface area (Å²) in [4.78, 5) is 35.9. The minimum Gasteiger partial charge on any atom is -0.452 e. The number of esters is 1. The van der Waals surface area contributed by atoms with Gasteiger partial charge in [-0.25, -0.2) is 4.79 Å². The monoisotopic (exact) mass is 393 g/mol. The molecule has 1 aromatic carbocycles. The molecule has 2 amide bonds. The molecule has 2 heterocycles. The lowest BCUT2D eigenvalue weighted by atomic mass is 10.1. The van der Waals surface area contributed by atoms with Gasteiger partial charge in [0.2, 0.25) is 0 Å². The van der Waals surface area contributed by atoms with Crippen LogP contribution < -0.4 is 5.32 Å². The van der Waals surface area contributed by atoms with Gasteiger partial charge in [-0.15, -0.1) is 34.9 Å². The molecule has 1 fully saturated rings. The van der Waals surface area contributed by atoms with Gasteiger partial charge in [0.25, 0.3) is 11.8 Å². The third kappa shape index (κ3) is 4.87. The lowest BCUT2D eigenvalue weighted by Crippen LogP contribution is -2.33. The zero-order valence-electron chi connectivity index (χ0n) is 13.1. The summed E-state index contributed by atoms with van der Waals surface area (Å²) < 4.78 is 5.38. The Morgan fingerprint density at radius 1 is 1.08 bits per heavy atom. The standard InChI is InChI=1S/C17H15NO4S3/c19-14(18-15(20)13-2-1-7-23-13)10-22-16(21)11-3-5-12(6-4-11)17-24-8-9-25-17/h1-7,17H,8-10H2,(H,18,19,20). The van der Waals surface area contributed by atoms with E-state index >= 15 is 0 Å². The van der Waals surface area contributed by atoms with Crippen LogP contribution in [0.15, 0.2) is 41.8 Å². The Balaban J connectivity index is 1.48. The first-order valence-electron chi connectivity index (χ1n) is 7.51. The zero-order chi connectivity index (χ0) is 17.6. The van der Waals surface area contributed by atoms with Crippen molar-refractivity contribution in [2.24, 2.45) is 0 Å². The van der Waals surface area contributed by atoms with Crippen LogP contribution in [0.4, 0.5) is 0 Å². The molecule has 0 atom stereocenters. The number of thiophene rings is 1. The second-order valence-corrected chi connectivity index (χ2v) is 8.80. The van der Waals surface area contributed by atoms with E-state index in [9.17, 15) is 14.4 Å². The first-order chi connectivity index (χ1) is 12.1. The Morgan fingerprint density at radius 3 is 2.44 bits per heavy atom. The minimum absolute atomic E-state index is 0.383. The lowest BCUT2D eigenvalue weighted by Gasteiger charge is -2.09. The highest BCUT2D eigenvalue weighted by Crippen LogP contribution is 2.45. The molecular formula is C17H15NO4S3. The molecular weight excluding hydrogens is 378 g/mol. The van der Waals surface area contributed by atoms with E-state index in [4.69, 9.17) is 4.74 Å². The van der Waals surface area contributed by atoms with Gasteiger partial charge in [-0.05, 0) is 29.1 Å². The van der Waals surface area contributed by atoms with Crippen LogP contribution in [0.25, 0.3) is 0 Å². The van der Waals surface area contributed by atoms with Gasteiger partial charge in [0, 0.05) is 11.5 Å². The number of benzene rings is 1. The molecule has 1 saturated heterocycles. The summed E-state index contributed by atoms with van der Waals surface area (Å²) in [6.45, 7) is -0.494. The molecule has 2 aromatic rings. The molecule has 0 bridgehead atoms. The van der Waals surface area contributed by atoms with E-state index in [2.05, 4.69) is 5.32 Å². The average Bonchev–Trinajstić information content (AvgIpc) is 3.33. The van der Waals surface area contributed by atoms with Crippen LogP contribution in [0.2, 0.25) is 0 Å². The van der Waals surface area contributed by atoms with Crippen molar-refractivity contribution in [3.63, 3.8) is 0 Å². The van der Waals surface area contributed by atoms with Crippen molar-refractivity contribution in [2.45, 2.75) is 4.58 Å². The Kier molecular flexibility index (Phi) is 6.17. The minimum atomic E-state index is -0.651. The van der Waals surface area contributed by atoms with Gasteiger partial charge < -0.3 is 4.74 Å². The number of rotatable bonds is 5. The van der Waals surface area contributed by atoms with E-state index in [1.807, 2.05) is 35.7 Å². The molecule has 3 rings (SSSR count). The number of nitrogens with one attached hydrogen (secondary N) is 1. The van der Waals surface area contributed by atoms with Crippen LogP contribution in [-0.4, -0.2) is 35.9 Å². The number of hydrogen-bond donors (Lipinski definition) is 1. The Morgan fingerprint density at radius 2 is 1.80 bits per heavy atom. The van der Waals surface area contributed by atoms with Crippen molar-refractivity contribution in [3.8, 4) is 0 Å². The second kappa shape index (κ2) is 8.55. The van der Waals surface area contributed by atoms with Crippen LogP contribution in [0.3, 0.4) is 0 Å². The van der Waals surface area contributed by atoms with Gasteiger partial charge in [-0.2, -0.15) is 0 Å². The van der Waals surface area contributed by atoms with Crippen LogP contribution in [0.1, 0.15) is 30.2 Å². The summed E-state index contributed by atoms with van der Waals surface area (Å²) in [7, 11) is 0. The summed E-state index contributed by atoms with van der Waals surface area (Å²) in [5.41, 5.74) is 1.55. The van der Waals surface area contributed by atoms with Crippen molar-refractivity contribution in [1.82, 2.24) is 5.32 Å². The van der Waals surface area contributed by atoms with Crippen molar-refractivity contribution >= 4 is 52.6 Å². The normalized spacial score (nSPS) is 14.2. The SMILES string of the molecule is O=C(COC(=O)c1ccc(C2SCCS2)cc1)NC(=O)c1cccs1. The molecule has 0 saturated carbocycles. The van der Waals surface area contributed by atoms with Crippen molar-refractivity contribution in [3.05, 3.63) is 57.8 Å². The van der Waals surface area contributed by atoms with Gasteiger partial charge in [0.05, 0.1) is 15.0 Å². The van der Waals surface area contributed by atoms with Gasteiger partial charge in [-0.1, -0.05) is 18.2 Å². The fourth-order valence-electron chi connectivity index (χ4n) is 2.17. The number of thioether (sulfide) groups is 2. The zero-order valence-corrected chi connectivity index (χ0v) is 15.5. The molecule has 130 valence electrons. The number of carbonyl (C=O) groups is 3. The molecule has 0 spiro atoms. The Labute approximate surface area is 157 Å². The summed E-state index contributed by atoms with van der Waals surface area (Å²) >= 11 is 5.01. The van der Waals surface area contributed by atoms with Gasteiger partial charge in [-0.3, -0.25) is 14.9 Å². The van der Waals surface area contributed by atoms with E-state index in [1.165, 1.54) is 16.9 Å². The van der Waals surface area contributed by atoms with E-state index in [1.54, 1.807) is 29.6 Å². The van der Waals surface area contributed by atoms with Crippen molar-refractivity contribution < 1.29 is 19.1 Å². The molecule has 0 unspecified atom stereocenters.